The van der Waals surface area contributed by atoms with E-state index in [0.29, 0.717) is 13.2 Å². The van der Waals surface area contributed by atoms with Crippen LogP contribution >= 0.6 is 10.7 Å². The average molecular weight is 307 g/mol. The van der Waals surface area contributed by atoms with Gasteiger partial charge in [0.05, 0.1) is 25.2 Å². The van der Waals surface area contributed by atoms with E-state index in [2.05, 4.69) is 0 Å². The number of esters is 1. The van der Waals surface area contributed by atoms with Crippen LogP contribution in [0.15, 0.2) is 23.1 Å². The summed E-state index contributed by atoms with van der Waals surface area (Å²) in [6.07, 6.45) is -0.312. The Morgan fingerprint density at radius 2 is 2.11 bits per heavy atom. The van der Waals surface area contributed by atoms with E-state index in [4.69, 9.17) is 24.9 Å². The van der Waals surface area contributed by atoms with Crippen LogP contribution in [0.3, 0.4) is 0 Å². The number of hydrogen-bond acceptors (Lipinski definition) is 6. The van der Waals surface area contributed by atoms with Crippen LogP contribution in [0.25, 0.3) is 0 Å². The number of halogens is 1. The summed E-state index contributed by atoms with van der Waals surface area (Å²) in [4.78, 5) is 11.7. The lowest BCUT2D eigenvalue weighted by atomic mass is 10.2. The number of carbonyl (C=O) groups excluding carboxylic acids is 1. The number of rotatable bonds is 4. The Bertz CT molecular complexity index is 593. The van der Waals surface area contributed by atoms with Crippen molar-refractivity contribution in [2.24, 2.45) is 0 Å². The first-order valence-corrected chi connectivity index (χ1v) is 7.64. The highest BCUT2D eigenvalue weighted by Gasteiger charge is 2.26. The summed E-state index contributed by atoms with van der Waals surface area (Å²) in [5.74, 6) is -0.457. The van der Waals surface area contributed by atoms with Gasteiger partial charge in [-0.15, -0.1) is 0 Å². The van der Waals surface area contributed by atoms with Crippen LogP contribution in [0.5, 0.6) is 5.75 Å². The molecule has 0 saturated carbocycles. The van der Waals surface area contributed by atoms with Gasteiger partial charge in [0, 0.05) is 10.7 Å². The molecule has 0 aliphatic carbocycles. The Hall–Kier alpha value is -1.31. The standard InChI is InChI=1S/C11H11ClO6S/c1-16-10-3-2-8(19(12,14)15)4-9(10)11(13)18-7-5-17-6-7/h2-4,7H,5-6H2,1H3. The van der Waals surface area contributed by atoms with Gasteiger partial charge in [0.2, 0.25) is 0 Å². The van der Waals surface area contributed by atoms with Crippen molar-refractivity contribution in [3.05, 3.63) is 23.8 Å². The van der Waals surface area contributed by atoms with Gasteiger partial charge in [0.15, 0.2) is 0 Å². The highest BCUT2D eigenvalue weighted by Crippen LogP contribution is 2.26. The minimum Gasteiger partial charge on any atom is -0.496 e. The maximum atomic E-state index is 11.9. The molecule has 104 valence electrons. The van der Waals surface area contributed by atoms with E-state index < -0.39 is 15.0 Å². The monoisotopic (exact) mass is 306 g/mol. The number of methoxy groups -OCH3 is 1. The molecule has 19 heavy (non-hydrogen) atoms. The Morgan fingerprint density at radius 1 is 1.42 bits per heavy atom. The molecular formula is C11H11ClO6S. The van der Waals surface area contributed by atoms with E-state index in [1.54, 1.807) is 0 Å². The summed E-state index contributed by atoms with van der Waals surface area (Å²) in [5.41, 5.74) is 0.0103. The Kier molecular flexibility index (Phi) is 3.98. The molecule has 0 spiro atoms. The third kappa shape index (κ3) is 3.17. The molecule has 0 bridgehead atoms. The summed E-state index contributed by atoms with van der Waals surface area (Å²) < 4.78 is 37.5. The van der Waals surface area contributed by atoms with E-state index in [9.17, 15) is 13.2 Å². The number of benzene rings is 1. The van der Waals surface area contributed by atoms with Crippen molar-refractivity contribution in [2.45, 2.75) is 11.0 Å². The largest absolute Gasteiger partial charge is 0.496 e. The lowest BCUT2D eigenvalue weighted by molar-refractivity contribution is -0.103. The van der Waals surface area contributed by atoms with Crippen LogP contribution in [0.2, 0.25) is 0 Å². The second-order valence-electron chi connectivity index (χ2n) is 3.86. The van der Waals surface area contributed by atoms with Crippen molar-refractivity contribution >= 4 is 25.7 Å². The lowest BCUT2D eigenvalue weighted by Gasteiger charge is -2.25. The van der Waals surface area contributed by atoms with Crippen molar-refractivity contribution in [3.63, 3.8) is 0 Å². The maximum Gasteiger partial charge on any atom is 0.342 e. The van der Waals surface area contributed by atoms with E-state index in [1.807, 2.05) is 0 Å². The summed E-state index contributed by atoms with van der Waals surface area (Å²) in [6.45, 7) is 0.670. The summed E-state index contributed by atoms with van der Waals surface area (Å²) in [5, 5.41) is 0. The zero-order valence-electron chi connectivity index (χ0n) is 9.96. The Labute approximate surface area is 114 Å². The van der Waals surface area contributed by atoms with Crippen LogP contribution in [0.4, 0.5) is 0 Å². The van der Waals surface area contributed by atoms with Gasteiger partial charge in [0.25, 0.3) is 9.05 Å². The average Bonchev–Trinajstić information content (AvgIpc) is 2.31. The second-order valence-corrected chi connectivity index (χ2v) is 6.43. The smallest absolute Gasteiger partial charge is 0.342 e. The predicted octanol–water partition coefficient (Wildman–Crippen LogP) is 1.18. The molecule has 1 aromatic rings. The Morgan fingerprint density at radius 3 is 2.58 bits per heavy atom. The first-order chi connectivity index (χ1) is 8.91. The molecule has 1 fully saturated rings. The van der Waals surface area contributed by atoms with E-state index in [1.165, 1.54) is 19.2 Å². The molecule has 1 aromatic carbocycles. The van der Waals surface area contributed by atoms with Crippen molar-refractivity contribution in [1.29, 1.82) is 0 Å². The summed E-state index contributed by atoms with van der Waals surface area (Å²) in [7, 11) is 2.68. The molecule has 0 N–H and O–H groups in total. The fourth-order valence-electron chi connectivity index (χ4n) is 1.50. The number of carbonyl (C=O) groups is 1. The first kappa shape index (κ1) is 14.1. The quantitative estimate of drug-likeness (QED) is 0.614. The van der Waals surface area contributed by atoms with Gasteiger partial charge < -0.3 is 14.2 Å². The molecule has 6 nitrogen and oxygen atoms in total. The molecular weight excluding hydrogens is 296 g/mol. The van der Waals surface area contributed by atoms with Crippen molar-refractivity contribution in [3.8, 4) is 5.75 Å². The fraction of sp³-hybridized carbons (Fsp3) is 0.364. The van der Waals surface area contributed by atoms with Crippen molar-refractivity contribution in [1.82, 2.24) is 0 Å². The predicted molar refractivity (Wildman–Crippen MR) is 66.1 cm³/mol. The van der Waals surface area contributed by atoms with Crippen LogP contribution in [0.1, 0.15) is 10.4 Å². The molecule has 1 saturated heterocycles. The highest BCUT2D eigenvalue weighted by molar-refractivity contribution is 8.13. The third-order valence-electron chi connectivity index (χ3n) is 2.55. The van der Waals surface area contributed by atoms with Gasteiger partial charge in [-0.25, -0.2) is 13.2 Å². The van der Waals surface area contributed by atoms with Gasteiger partial charge >= 0.3 is 5.97 Å². The SMILES string of the molecule is COc1ccc(S(=O)(=O)Cl)cc1C(=O)OC1COC1. The first-order valence-electron chi connectivity index (χ1n) is 5.33. The normalized spacial score (nSPS) is 15.7. The second kappa shape index (κ2) is 5.36. The van der Waals surface area contributed by atoms with Crippen LogP contribution in [0, 0.1) is 0 Å². The zero-order valence-corrected chi connectivity index (χ0v) is 11.5. The van der Waals surface area contributed by atoms with E-state index in [0.717, 1.165) is 6.07 Å². The molecule has 0 unspecified atom stereocenters. The molecule has 0 aromatic heterocycles. The van der Waals surface area contributed by atoms with Gasteiger partial charge in [-0.05, 0) is 18.2 Å². The Balaban J connectivity index is 2.32. The minimum atomic E-state index is -3.92. The molecule has 0 atom stereocenters. The molecule has 1 aliphatic heterocycles. The number of ether oxygens (including phenoxy) is 3. The van der Waals surface area contributed by atoms with Crippen LogP contribution < -0.4 is 4.74 Å². The third-order valence-corrected chi connectivity index (χ3v) is 3.91. The molecule has 1 aliphatic rings. The number of hydrogen-bond donors (Lipinski definition) is 0. The van der Waals surface area contributed by atoms with Crippen molar-refractivity contribution in [2.75, 3.05) is 20.3 Å². The lowest BCUT2D eigenvalue weighted by Crippen LogP contribution is -2.37. The van der Waals surface area contributed by atoms with E-state index >= 15 is 0 Å². The van der Waals surface area contributed by atoms with Crippen LogP contribution in [-0.2, 0) is 18.5 Å². The topological polar surface area (TPSA) is 78.9 Å². The van der Waals surface area contributed by atoms with Gasteiger partial charge in [-0.3, -0.25) is 0 Å². The molecule has 2 rings (SSSR count). The zero-order chi connectivity index (χ0) is 14.0. The fourth-order valence-corrected chi connectivity index (χ4v) is 2.27. The summed E-state index contributed by atoms with van der Waals surface area (Å²) >= 11 is 0. The van der Waals surface area contributed by atoms with Gasteiger partial charge in [0.1, 0.15) is 17.4 Å². The van der Waals surface area contributed by atoms with Gasteiger partial charge in [-0.1, -0.05) is 0 Å². The van der Waals surface area contributed by atoms with Crippen LogP contribution in [-0.4, -0.2) is 40.8 Å². The van der Waals surface area contributed by atoms with E-state index in [-0.39, 0.29) is 22.3 Å². The molecule has 1 heterocycles. The highest BCUT2D eigenvalue weighted by atomic mass is 35.7. The molecule has 8 heteroatoms. The van der Waals surface area contributed by atoms with Crippen molar-refractivity contribution < 1.29 is 27.4 Å². The summed E-state index contributed by atoms with van der Waals surface area (Å²) in [6, 6.07) is 3.73. The minimum absolute atomic E-state index is 0.0103. The maximum absolute atomic E-state index is 11.9. The molecule has 0 amide bonds. The van der Waals surface area contributed by atoms with Gasteiger partial charge in [-0.2, -0.15) is 0 Å². The molecule has 0 radical (unpaired) electrons.